The lowest BCUT2D eigenvalue weighted by Crippen LogP contribution is -2.38. The van der Waals surface area contributed by atoms with Gasteiger partial charge in [-0.1, -0.05) is 24.3 Å². The highest BCUT2D eigenvalue weighted by Gasteiger charge is 2.23. The Morgan fingerprint density at radius 3 is 2.58 bits per heavy atom. The minimum atomic E-state index is 0.215. The summed E-state index contributed by atoms with van der Waals surface area (Å²) in [5.74, 6) is 0.984. The van der Waals surface area contributed by atoms with Crippen LogP contribution >= 0.6 is 0 Å². The van der Waals surface area contributed by atoms with Crippen LogP contribution in [0.25, 0.3) is 11.0 Å². The molecule has 134 valence electrons. The number of hydrogen-bond acceptors (Lipinski definition) is 3. The molecule has 0 radical (unpaired) electrons. The Labute approximate surface area is 152 Å². The summed E-state index contributed by atoms with van der Waals surface area (Å²) >= 11 is 0. The van der Waals surface area contributed by atoms with Gasteiger partial charge < -0.3 is 14.6 Å². The lowest BCUT2D eigenvalue weighted by atomic mass is 9.89. The molecule has 26 heavy (non-hydrogen) atoms. The molecule has 5 heteroatoms. The SMILES string of the molecule is O=C(CCn1cnc2ccccc21)N1CCC(c2ccc(O)cc2)CC1. The second kappa shape index (κ2) is 7.20. The monoisotopic (exact) mass is 349 g/mol. The molecule has 1 aliphatic rings. The fourth-order valence-corrected chi connectivity index (χ4v) is 3.77. The van der Waals surface area contributed by atoms with Crippen LogP contribution in [0.2, 0.25) is 0 Å². The van der Waals surface area contributed by atoms with Gasteiger partial charge in [-0.3, -0.25) is 4.79 Å². The van der Waals surface area contributed by atoms with E-state index in [4.69, 9.17) is 0 Å². The number of para-hydroxylation sites is 2. The molecule has 0 bridgehead atoms. The Kier molecular flexibility index (Phi) is 4.61. The van der Waals surface area contributed by atoms with Gasteiger partial charge in [0.25, 0.3) is 0 Å². The van der Waals surface area contributed by atoms with Gasteiger partial charge >= 0.3 is 0 Å². The van der Waals surface area contributed by atoms with Crippen LogP contribution in [0.1, 0.15) is 30.7 Å². The molecule has 0 atom stereocenters. The van der Waals surface area contributed by atoms with Crippen LogP contribution in [0.15, 0.2) is 54.9 Å². The van der Waals surface area contributed by atoms with Crippen molar-refractivity contribution in [1.82, 2.24) is 14.5 Å². The maximum atomic E-state index is 12.6. The molecule has 5 nitrogen and oxygen atoms in total. The van der Waals surface area contributed by atoms with E-state index in [1.54, 1.807) is 12.1 Å². The van der Waals surface area contributed by atoms with E-state index in [1.165, 1.54) is 5.56 Å². The number of carbonyl (C=O) groups is 1. The number of fused-ring (bicyclic) bond motifs is 1. The van der Waals surface area contributed by atoms with Gasteiger partial charge in [-0.15, -0.1) is 0 Å². The van der Waals surface area contributed by atoms with Crippen molar-refractivity contribution in [2.45, 2.75) is 31.7 Å². The summed E-state index contributed by atoms with van der Waals surface area (Å²) in [4.78, 5) is 18.9. The van der Waals surface area contributed by atoms with Crippen molar-refractivity contribution in [3.05, 3.63) is 60.4 Å². The van der Waals surface area contributed by atoms with Crippen LogP contribution in [0.5, 0.6) is 5.75 Å². The van der Waals surface area contributed by atoms with E-state index < -0.39 is 0 Å². The van der Waals surface area contributed by atoms with E-state index in [0.29, 0.717) is 24.6 Å². The van der Waals surface area contributed by atoms with Crippen LogP contribution < -0.4 is 0 Å². The zero-order chi connectivity index (χ0) is 17.9. The molecule has 1 fully saturated rings. The summed E-state index contributed by atoms with van der Waals surface area (Å²) in [6, 6.07) is 15.4. The standard InChI is InChI=1S/C21H23N3O2/c25-18-7-5-16(6-8-18)17-9-12-23(13-10-17)21(26)11-14-24-15-22-19-3-1-2-4-20(19)24/h1-8,15,17,25H,9-14H2. The van der Waals surface area contributed by atoms with Gasteiger partial charge in [0.1, 0.15) is 5.75 Å². The first-order chi connectivity index (χ1) is 12.7. The van der Waals surface area contributed by atoms with Gasteiger partial charge in [-0.25, -0.2) is 4.98 Å². The molecule has 1 aliphatic heterocycles. The third-order valence-electron chi connectivity index (χ3n) is 5.31. The van der Waals surface area contributed by atoms with Gasteiger partial charge in [-0.2, -0.15) is 0 Å². The van der Waals surface area contributed by atoms with E-state index in [0.717, 1.165) is 37.0 Å². The van der Waals surface area contributed by atoms with E-state index >= 15 is 0 Å². The number of nitrogens with zero attached hydrogens (tertiary/aromatic N) is 3. The number of imidazole rings is 1. The summed E-state index contributed by atoms with van der Waals surface area (Å²) in [5.41, 5.74) is 3.29. The van der Waals surface area contributed by atoms with E-state index in [-0.39, 0.29) is 5.91 Å². The molecule has 0 aliphatic carbocycles. The number of benzene rings is 2. The van der Waals surface area contributed by atoms with Crippen molar-refractivity contribution in [2.75, 3.05) is 13.1 Å². The first kappa shape index (κ1) is 16.6. The number of likely N-dealkylation sites (tertiary alicyclic amines) is 1. The number of hydrogen-bond donors (Lipinski definition) is 1. The number of amides is 1. The van der Waals surface area contributed by atoms with E-state index in [1.807, 2.05) is 47.6 Å². The van der Waals surface area contributed by atoms with Gasteiger partial charge in [0, 0.05) is 26.1 Å². The van der Waals surface area contributed by atoms with E-state index in [2.05, 4.69) is 9.55 Å². The summed E-state index contributed by atoms with van der Waals surface area (Å²) in [6.07, 6.45) is 4.27. The third-order valence-corrected chi connectivity index (χ3v) is 5.31. The number of aromatic hydroxyl groups is 1. The first-order valence-electron chi connectivity index (χ1n) is 9.17. The van der Waals surface area contributed by atoms with Crippen LogP contribution in [0.3, 0.4) is 0 Å². The van der Waals surface area contributed by atoms with Gasteiger partial charge in [0.2, 0.25) is 5.91 Å². The van der Waals surface area contributed by atoms with Crippen LogP contribution in [0, 0.1) is 0 Å². The second-order valence-corrected chi connectivity index (χ2v) is 6.92. The molecule has 1 saturated heterocycles. The van der Waals surface area contributed by atoms with Gasteiger partial charge in [-0.05, 0) is 48.6 Å². The normalized spacial score (nSPS) is 15.5. The van der Waals surface area contributed by atoms with Crippen molar-refractivity contribution in [3.63, 3.8) is 0 Å². The first-order valence-corrected chi connectivity index (χ1v) is 9.17. The van der Waals surface area contributed by atoms with Gasteiger partial charge in [0.05, 0.1) is 17.4 Å². The highest BCUT2D eigenvalue weighted by atomic mass is 16.3. The maximum Gasteiger partial charge on any atom is 0.224 e. The average molecular weight is 349 g/mol. The largest absolute Gasteiger partial charge is 0.508 e. The van der Waals surface area contributed by atoms with Crippen molar-refractivity contribution in [2.24, 2.45) is 0 Å². The Hall–Kier alpha value is -2.82. The quantitative estimate of drug-likeness (QED) is 0.784. The highest BCUT2D eigenvalue weighted by Crippen LogP contribution is 2.29. The molecule has 0 unspecified atom stereocenters. The van der Waals surface area contributed by atoms with Crippen molar-refractivity contribution < 1.29 is 9.90 Å². The number of carbonyl (C=O) groups excluding carboxylic acids is 1. The topological polar surface area (TPSA) is 58.4 Å². The Morgan fingerprint density at radius 1 is 1.08 bits per heavy atom. The molecule has 2 heterocycles. The average Bonchev–Trinajstić information content (AvgIpc) is 3.10. The van der Waals surface area contributed by atoms with Crippen molar-refractivity contribution in [1.29, 1.82) is 0 Å². The summed E-state index contributed by atoms with van der Waals surface area (Å²) in [7, 11) is 0. The Bertz CT molecular complexity index is 893. The molecule has 4 rings (SSSR count). The zero-order valence-electron chi connectivity index (χ0n) is 14.7. The molecule has 1 amide bonds. The molecule has 1 aromatic heterocycles. The Morgan fingerprint density at radius 2 is 1.81 bits per heavy atom. The smallest absolute Gasteiger partial charge is 0.224 e. The minimum absolute atomic E-state index is 0.215. The number of phenols is 1. The van der Waals surface area contributed by atoms with Crippen LogP contribution in [-0.4, -0.2) is 38.6 Å². The zero-order valence-corrected chi connectivity index (χ0v) is 14.7. The van der Waals surface area contributed by atoms with Crippen LogP contribution in [-0.2, 0) is 11.3 Å². The fraction of sp³-hybridized carbons (Fsp3) is 0.333. The van der Waals surface area contributed by atoms with E-state index in [9.17, 15) is 9.90 Å². The fourth-order valence-electron chi connectivity index (χ4n) is 3.77. The number of piperidine rings is 1. The number of aromatic nitrogens is 2. The summed E-state index contributed by atoms with van der Waals surface area (Å²) in [5, 5.41) is 9.41. The Balaban J connectivity index is 1.31. The number of rotatable bonds is 4. The molecular formula is C21H23N3O2. The lowest BCUT2D eigenvalue weighted by molar-refractivity contribution is -0.132. The number of aryl methyl sites for hydroxylation is 1. The van der Waals surface area contributed by atoms with Crippen molar-refractivity contribution in [3.8, 4) is 5.75 Å². The summed E-state index contributed by atoms with van der Waals surface area (Å²) < 4.78 is 2.05. The molecule has 2 aromatic carbocycles. The maximum absolute atomic E-state index is 12.6. The van der Waals surface area contributed by atoms with Crippen molar-refractivity contribution >= 4 is 16.9 Å². The highest BCUT2D eigenvalue weighted by molar-refractivity contribution is 5.77. The van der Waals surface area contributed by atoms with Gasteiger partial charge in [0.15, 0.2) is 0 Å². The molecule has 3 aromatic rings. The molecule has 1 N–H and O–H groups in total. The lowest BCUT2D eigenvalue weighted by Gasteiger charge is -2.32. The minimum Gasteiger partial charge on any atom is -0.508 e. The molecular weight excluding hydrogens is 326 g/mol. The van der Waals surface area contributed by atoms with Crippen LogP contribution in [0.4, 0.5) is 0 Å². The third kappa shape index (κ3) is 3.43. The predicted octanol–water partition coefficient (Wildman–Crippen LogP) is 3.54. The second-order valence-electron chi connectivity index (χ2n) is 6.92. The predicted molar refractivity (Wildman–Crippen MR) is 101 cm³/mol. The number of phenolic OH excluding ortho intramolecular Hbond substituents is 1. The summed E-state index contributed by atoms with van der Waals surface area (Å²) in [6.45, 7) is 2.27. The molecule has 0 spiro atoms. The molecule has 0 saturated carbocycles.